The highest BCUT2D eigenvalue weighted by Crippen LogP contribution is 2.14. The molecule has 2 nitrogen and oxygen atoms in total. The van der Waals surface area contributed by atoms with E-state index in [1.54, 1.807) is 6.26 Å². The molecule has 0 aromatic heterocycles. The van der Waals surface area contributed by atoms with Crippen LogP contribution in [0, 0.1) is 0 Å². The molecule has 172 valence electrons. The number of hydrogen-bond donors (Lipinski definition) is 1. The molecule has 0 spiro atoms. The molecule has 0 heterocycles. The summed E-state index contributed by atoms with van der Waals surface area (Å²) in [6.07, 6.45) is 30.0. The van der Waals surface area contributed by atoms with Crippen molar-refractivity contribution in [1.29, 1.82) is 0 Å². The Morgan fingerprint density at radius 3 is 1.00 bits per heavy atom. The molecule has 0 aromatic rings. The number of rotatable bonds is 22. The van der Waals surface area contributed by atoms with Crippen LogP contribution >= 0.6 is 0 Å². The van der Waals surface area contributed by atoms with E-state index in [4.69, 9.17) is 0 Å². The highest BCUT2D eigenvalue weighted by molar-refractivity contribution is 7.82. The first-order valence-corrected chi connectivity index (χ1v) is 14.4. The standard InChI is InChI=1S/C23H49NOS.C2H6/c1-3-4-5-6-7-8-9-10-11-12-13-14-15-16-17-18-19-20-21-22-23-24-26(2)25;1-2/h24H,3-23H2,1-2H3;1-2H3. The predicted molar refractivity (Wildman–Crippen MR) is 131 cm³/mol. The first-order valence-electron chi connectivity index (χ1n) is 12.8. The summed E-state index contributed by atoms with van der Waals surface area (Å²) in [5.41, 5.74) is 0. The van der Waals surface area contributed by atoms with Gasteiger partial charge in [-0.3, -0.25) is 0 Å². The molecule has 0 saturated carbocycles. The SMILES string of the molecule is CC.CCCCCCCCCCCCCCCCCCCCCCNS(C)=O. The minimum atomic E-state index is -0.835. The van der Waals surface area contributed by atoms with Crippen molar-refractivity contribution in [3.63, 3.8) is 0 Å². The van der Waals surface area contributed by atoms with E-state index in [0.29, 0.717) is 0 Å². The van der Waals surface area contributed by atoms with Crippen molar-refractivity contribution in [1.82, 2.24) is 4.72 Å². The molecule has 28 heavy (non-hydrogen) atoms. The maximum absolute atomic E-state index is 10.8. The van der Waals surface area contributed by atoms with Gasteiger partial charge in [0.1, 0.15) is 0 Å². The maximum atomic E-state index is 10.8. The minimum absolute atomic E-state index is 0.835. The van der Waals surface area contributed by atoms with Crippen LogP contribution < -0.4 is 4.72 Å². The third-order valence-electron chi connectivity index (χ3n) is 5.34. The second-order valence-corrected chi connectivity index (χ2v) is 9.26. The van der Waals surface area contributed by atoms with Crippen molar-refractivity contribution < 1.29 is 4.21 Å². The Labute approximate surface area is 182 Å². The Hall–Kier alpha value is 0.110. The molecule has 1 atom stereocenters. The molecular formula is C25H55NOS. The Kier molecular flexibility index (Phi) is 31.7. The van der Waals surface area contributed by atoms with Gasteiger partial charge in [-0.1, -0.05) is 143 Å². The van der Waals surface area contributed by atoms with Crippen molar-refractivity contribution in [2.24, 2.45) is 0 Å². The first kappa shape index (κ1) is 30.3. The first-order chi connectivity index (χ1) is 13.8. The lowest BCUT2D eigenvalue weighted by Crippen LogP contribution is -2.16. The number of nitrogens with one attached hydrogen (secondary N) is 1. The van der Waals surface area contributed by atoms with E-state index >= 15 is 0 Å². The molecule has 0 rings (SSSR count). The number of hydrogen-bond acceptors (Lipinski definition) is 1. The lowest BCUT2D eigenvalue weighted by atomic mass is 10.0. The molecule has 0 aliphatic rings. The highest BCUT2D eigenvalue weighted by Gasteiger charge is 1.95. The zero-order valence-electron chi connectivity index (χ0n) is 20.2. The van der Waals surface area contributed by atoms with Crippen LogP contribution in [0.1, 0.15) is 149 Å². The van der Waals surface area contributed by atoms with Crippen molar-refractivity contribution >= 4 is 11.0 Å². The van der Waals surface area contributed by atoms with Crippen LogP contribution in [0.15, 0.2) is 0 Å². The van der Waals surface area contributed by atoms with Crippen LogP contribution in [-0.2, 0) is 11.0 Å². The van der Waals surface area contributed by atoms with Gasteiger partial charge >= 0.3 is 0 Å². The van der Waals surface area contributed by atoms with E-state index in [2.05, 4.69) is 11.6 Å². The fourth-order valence-corrected chi connectivity index (χ4v) is 4.03. The molecule has 0 aliphatic heterocycles. The van der Waals surface area contributed by atoms with Crippen LogP contribution in [0.3, 0.4) is 0 Å². The van der Waals surface area contributed by atoms with Crippen LogP contribution in [0.25, 0.3) is 0 Å². The second kappa shape index (κ2) is 29.3. The van der Waals surface area contributed by atoms with Gasteiger partial charge < -0.3 is 0 Å². The lowest BCUT2D eigenvalue weighted by Gasteiger charge is -2.04. The van der Waals surface area contributed by atoms with Crippen molar-refractivity contribution in [2.75, 3.05) is 12.8 Å². The molecular weight excluding hydrogens is 362 g/mol. The van der Waals surface area contributed by atoms with Gasteiger partial charge in [-0.15, -0.1) is 0 Å². The molecule has 0 amide bonds. The average molecular weight is 418 g/mol. The Morgan fingerprint density at radius 1 is 0.500 bits per heavy atom. The maximum Gasteiger partial charge on any atom is 0.0883 e. The summed E-state index contributed by atoms with van der Waals surface area (Å²) in [6, 6.07) is 0. The third kappa shape index (κ3) is 30.8. The van der Waals surface area contributed by atoms with Gasteiger partial charge in [0.05, 0.1) is 11.0 Å². The van der Waals surface area contributed by atoms with Gasteiger partial charge in [-0.2, -0.15) is 0 Å². The van der Waals surface area contributed by atoms with E-state index in [9.17, 15) is 4.21 Å². The van der Waals surface area contributed by atoms with Gasteiger partial charge in [0.2, 0.25) is 0 Å². The molecule has 3 heteroatoms. The quantitative estimate of drug-likeness (QED) is 0.175. The van der Waals surface area contributed by atoms with E-state index < -0.39 is 11.0 Å². The molecule has 0 aromatic carbocycles. The van der Waals surface area contributed by atoms with Gasteiger partial charge in [0, 0.05) is 12.8 Å². The van der Waals surface area contributed by atoms with E-state index in [-0.39, 0.29) is 0 Å². The summed E-state index contributed by atoms with van der Waals surface area (Å²) in [5, 5.41) is 0. The summed E-state index contributed by atoms with van der Waals surface area (Å²) >= 11 is 0. The largest absolute Gasteiger partial charge is 0.243 e. The fraction of sp³-hybridized carbons (Fsp3) is 1.00. The Morgan fingerprint density at radius 2 is 0.750 bits per heavy atom. The van der Waals surface area contributed by atoms with Crippen LogP contribution in [-0.4, -0.2) is 17.0 Å². The monoisotopic (exact) mass is 417 g/mol. The van der Waals surface area contributed by atoms with Crippen LogP contribution in [0.2, 0.25) is 0 Å². The van der Waals surface area contributed by atoms with Crippen molar-refractivity contribution in [3.8, 4) is 0 Å². The van der Waals surface area contributed by atoms with Gasteiger partial charge in [0.15, 0.2) is 0 Å². The molecule has 1 unspecified atom stereocenters. The van der Waals surface area contributed by atoms with Crippen LogP contribution in [0.4, 0.5) is 0 Å². The molecule has 0 saturated heterocycles. The van der Waals surface area contributed by atoms with E-state index in [0.717, 1.165) is 6.54 Å². The van der Waals surface area contributed by atoms with Gasteiger partial charge in [0.25, 0.3) is 0 Å². The average Bonchev–Trinajstić information content (AvgIpc) is 2.70. The molecule has 0 fully saturated rings. The summed E-state index contributed by atoms with van der Waals surface area (Å²) in [4.78, 5) is 0. The summed E-state index contributed by atoms with van der Waals surface area (Å²) in [6.45, 7) is 7.20. The summed E-state index contributed by atoms with van der Waals surface area (Å²) in [7, 11) is -0.835. The molecule has 0 bridgehead atoms. The van der Waals surface area contributed by atoms with E-state index in [1.165, 1.54) is 128 Å². The zero-order chi connectivity index (χ0) is 21.1. The Bertz CT molecular complexity index is 284. The topological polar surface area (TPSA) is 29.1 Å². The normalized spacial score (nSPS) is 11.9. The smallest absolute Gasteiger partial charge is 0.0883 e. The molecule has 1 N–H and O–H groups in total. The minimum Gasteiger partial charge on any atom is -0.243 e. The predicted octanol–water partition coefficient (Wildman–Crippen LogP) is 8.72. The highest BCUT2D eigenvalue weighted by atomic mass is 32.2. The number of unbranched alkanes of at least 4 members (excludes halogenated alkanes) is 19. The third-order valence-corrected chi connectivity index (χ3v) is 5.95. The molecule has 0 radical (unpaired) electrons. The van der Waals surface area contributed by atoms with Crippen molar-refractivity contribution in [2.45, 2.75) is 149 Å². The summed E-state index contributed by atoms with van der Waals surface area (Å²) < 4.78 is 13.8. The summed E-state index contributed by atoms with van der Waals surface area (Å²) in [5.74, 6) is 0. The fourth-order valence-electron chi connectivity index (χ4n) is 3.60. The lowest BCUT2D eigenvalue weighted by molar-refractivity contribution is 0.521. The van der Waals surface area contributed by atoms with Crippen LogP contribution in [0.5, 0.6) is 0 Å². The van der Waals surface area contributed by atoms with E-state index in [1.807, 2.05) is 13.8 Å². The second-order valence-electron chi connectivity index (χ2n) is 8.07. The van der Waals surface area contributed by atoms with Crippen molar-refractivity contribution in [3.05, 3.63) is 0 Å². The van der Waals surface area contributed by atoms with Gasteiger partial charge in [-0.25, -0.2) is 8.93 Å². The van der Waals surface area contributed by atoms with Gasteiger partial charge in [-0.05, 0) is 6.42 Å². The zero-order valence-corrected chi connectivity index (χ0v) is 21.0. The Balaban J connectivity index is 0. The molecule has 0 aliphatic carbocycles.